The standard InChI is InChI=1S/C18H26N4OS.HI/c1-19-18(20-11-12-23-15-8-5-4-6-9-15)21-14-16(22(2)3)17-10-7-13-24-17;/h4-10,13,16H,11-12,14H2,1-3H3,(H2,19,20,21);1H. The van der Waals surface area contributed by atoms with Gasteiger partial charge >= 0.3 is 0 Å². The fourth-order valence-corrected chi connectivity index (χ4v) is 3.21. The van der Waals surface area contributed by atoms with Crippen molar-refractivity contribution in [2.75, 3.05) is 40.8 Å². The number of benzene rings is 1. The second-order valence-electron chi connectivity index (χ2n) is 5.54. The zero-order valence-corrected chi connectivity index (χ0v) is 18.1. The molecule has 5 nitrogen and oxygen atoms in total. The Bertz CT molecular complexity index is 605. The van der Waals surface area contributed by atoms with Gasteiger partial charge in [0.25, 0.3) is 0 Å². The first-order chi connectivity index (χ1) is 11.7. The first-order valence-electron chi connectivity index (χ1n) is 8.03. The van der Waals surface area contributed by atoms with Gasteiger partial charge in [0.2, 0.25) is 0 Å². The SMILES string of the molecule is CN=C(NCCOc1ccccc1)NCC(c1cccs1)N(C)C.I. The minimum atomic E-state index is 0. The minimum absolute atomic E-state index is 0. The van der Waals surface area contributed by atoms with E-state index in [9.17, 15) is 0 Å². The molecular formula is C18H27IN4OS. The fraction of sp³-hybridized carbons (Fsp3) is 0.389. The number of nitrogens with one attached hydrogen (secondary N) is 2. The molecule has 0 saturated heterocycles. The summed E-state index contributed by atoms with van der Waals surface area (Å²) in [5.74, 6) is 1.67. The van der Waals surface area contributed by atoms with Crippen LogP contribution in [0.2, 0.25) is 0 Å². The Morgan fingerprint density at radius 2 is 1.92 bits per heavy atom. The lowest BCUT2D eigenvalue weighted by molar-refractivity contribution is 0.301. The van der Waals surface area contributed by atoms with Crippen LogP contribution in [0.25, 0.3) is 0 Å². The van der Waals surface area contributed by atoms with E-state index in [1.807, 2.05) is 30.3 Å². The maximum atomic E-state index is 5.67. The number of nitrogens with zero attached hydrogens (tertiary/aromatic N) is 2. The molecule has 1 aromatic carbocycles. The summed E-state index contributed by atoms with van der Waals surface area (Å²) in [5, 5.41) is 8.78. The maximum Gasteiger partial charge on any atom is 0.191 e. The molecule has 25 heavy (non-hydrogen) atoms. The Morgan fingerprint density at radius 1 is 1.16 bits per heavy atom. The van der Waals surface area contributed by atoms with Crippen molar-refractivity contribution in [3.8, 4) is 5.75 Å². The smallest absolute Gasteiger partial charge is 0.191 e. The molecule has 0 aliphatic heterocycles. The largest absolute Gasteiger partial charge is 0.492 e. The van der Waals surface area contributed by atoms with Gasteiger partial charge in [-0.05, 0) is 37.7 Å². The van der Waals surface area contributed by atoms with E-state index in [1.54, 1.807) is 18.4 Å². The van der Waals surface area contributed by atoms with Crippen LogP contribution in [0.1, 0.15) is 10.9 Å². The summed E-state index contributed by atoms with van der Waals surface area (Å²) < 4.78 is 5.67. The lowest BCUT2D eigenvalue weighted by atomic mass is 10.2. The average molecular weight is 474 g/mol. The molecule has 0 aliphatic rings. The number of aliphatic imine (C=N–C) groups is 1. The summed E-state index contributed by atoms with van der Waals surface area (Å²) in [5.41, 5.74) is 0. The van der Waals surface area contributed by atoms with Crippen LogP contribution in [0.5, 0.6) is 5.75 Å². The Kier molecular flexibility index (Phi) is 10.5. The predicted octanol–water partition coefficient (Wildman–Crippen LogP) is 3.21. The van der Waals surface area contributed by atoms with Crippen molar-refractivity contribution in [2.24, 2.45) is 4.99 Å². The molecule has 2 rings (SSSR count). The van der Waals surface area contributed by atoms with Gasteiger partial charge in [0.1, 0.15) is 12.4 Å². The van der Waals surface area contributed by atoms with E-state index >= 15 is 0 Å². The number of hydrogen-bond donors (Lipinski definition) is 2. The van der Waals surface area contributed by atoms with E-state index in [2.05, 4.69) is 52.1 Å². The van der Waals surface area contributed by atoms with Crippen LogP contribution in [-0.2, 0) is 0 Å². The van der Waals surface area contributed by atoms with Crippen LogP contribution >= 0.6 is 35.3 Å². The van der Waals surface area contributed by atoms with E-state index in [0.717, 1.165) is 18.3 Å². The third kappa shape index (κ3) is 7.62. The number of para-hydroxylation sites is 1. The Hall–Kier alpha value is -1.32. The molecule has 2 aromatic rings. The molecule has 2 N–H and O–H groups in total. The molecule has 0 saturated carbocycles. The second kappa shape index (κ2) is 12.1. The lowest BCUT2D eigenvalue weighted by Gasteiger charge is -2.24. The molecule has 0 bridgehead atoms. The van der Waals surface area contributed by atoms with Gasteiger partial charge in [0.15, 0.2) is 5.96 Å². The van der Waals surface area contributed by atoms with Crippen LogP contribution in [0.3, 0.4) is 0 Å². The molecule has 138 valence electrons. The molecule has 0 aliphatic carbocycles. The van der Waals surface area contributed by atoms with Gasteiger partial charge in [-0.1, -0.05) is 24.3 Å². The summed E-state index contributed by atoms with van der Waals surface area (Å²) in [6.07, 6.45) is 0. The Labute approximate surface area is 171 Å². The van der Waals surface area contributed by atoms with Crippen molar-refractivity contribution in [2.45, 2.75) is 6.04 Å². The molecule has 0 radical (unpaired) electrons. The highest BCUT2D eigenvalue weighted by Gasteiger charge is 2.15. The van der Waals surface area contributed by atoms with E-state index < -0.39 is 0 Å². The maximum absolute atomic E-state index is 5.67. The van der Waals surface area contributed by atoms with E-state index in [4.69, 9.17) is 4.74 Å². The van der Waals surface area contributed by atoms with Crippen molar-refractivity contribution in [3.63, 3.8) is 0 Å². The lowest BCUT2D eigenvalue weighted by Crippen LogP contribution is -2.42. The molecule has 0 fully saturated rings. The molecule has 0 spiro atoms. The van der Waals surface area contributed by atoms with Gasteiger partial charge in [0.05, 0.1) is 12.6 Å². The number of likely N-dealkylation sites (N-methyl/N-ethyl adjacent to an activating group) is 1. The second-order valence-corrected chi connectivity index (χ2v) is 6.52. The molecular weight excluding hydrogens is 447 g/mol. The summed E-state index contributed by atoms with van der Waals surface area (Å²) >= 11 is 1.78. The first kappa shape index (κ1) is 21.7. The van der Waals surface area contributed by atoms with Gasteiger partial charge in [-0.25, -0.2) is 0 Å². The summed E-state index contributed by atoms with van der Waals surface area (Å²) in [6, 6.07) is 14.4. The summed E-state index contributed by atoms with van der Waals surface area (Å²) in [7, 11) is 5.97. The average Bonchev–Trinajstić information content (AvgIpc) is 3.12. The van der Waals surface area contributed by atoms with Gasteiger partial charge < -0.3 is 20.3 Å². The predicted molar refractivity (Wildman–Crippen MR) is 117 cm³/mol. The van der Waals surface area contributed by atoms with E-state index in [-0.39, 0.29) is 24.0 Å². The molecule has 0 amide bonds. The third-order valence-electron chi connectivity index (χ3n) is 3.59. The van der Waals surface area contributed by atoms with Crippen LogP contribution in [0, 0.1) is 0 Å². The van der Waals surface area contributed by atoms with Gasteiger partial charge in [-0.15, -0.1) is 35.3 Å². The number of rotatable bonds is 8. The van der Waals surface area contributed by atoms with Crippen molar-refractivity contribution >= 4 is 41.3 Å². The highest BCUT2D eigenvalue weighted by Crippen LogP contribution is 2.22. The van der Waals surface area contributed by atoms with Gasteiger partial charge in [-0.2, -0.15) is 0 Å². The number of halogens is 1. The normalized spacial score (nSPS) is 12.4. The fourth-order valence-electron chi connectivity index (χ4n) is 2.29. The number of hydrogen-bond acceptors (Lipinski definition) is 4. The van der Waals surface area contributed by atoms with Crippen LogP contribution in [-0.4, -0.2) is 51.7 Å². The molecule has 1 aromatic heterocycles. The quantitative estimate of drug-likeness (QED) is 0.267. The zero-order valence-electron chi connectivity index (χ0n) is 14.9. The zero-order chi connectivity index (χ0) is 17.2. The van der Waals surface area contributed by atoms with Crippen LogP contribution in [0.4, 0.5) is 0 Å². The number of guanidine groups is 1. The van der Waals surface area contributed by atoms with E-state index in [0.29, 0.717) is 19.2 Å². The minimum Gasteiger partial charge on any atom is -0.492 e. The first-order valence-corrected chi connectivity index (χ1v) is 8.91. The molecule has 1 atom stereocenters. The highest BCUT2D eigenvalue weighted by atomic mass is 127. The molecule has 1 heterocycles. The van der Waals surface area contributed by atoms with Crippen molar-refractivity contribution in [3.05, 3.63) is 52.7 Å². The molecule has 1 unspecified atom stereocenters. The van der Waals surface area contributed by atoms with Crippen LogP contribution in [0.15, 0.2) is 52.8 Å². The highest BCUT2D eigenvalue weighted by molar-refractivity contribution is 14.0. The van der Waals surface area contributed by atoms with Crippen LogP contribution < -0.4 is 15.4 Å². The number of ether oxygens (including phenoxy) is 1. The van der Waals surface area contributed by atoms with Crippen molar-refractivity contribution < 1.29 is 4.74 Å². The molecule has 7 heteroatoms. The topological polar surface area (TPSA) is 48.9 Å². The van der Waals surface area contributed by atoms with Crippen molar-refractivity contribution in [1.82, 2.24) is 15.5 Å². The Balaban J connectivity index is 0.00000312. The summed E-state index contributed by atoms with van der Waals surface area (Å²) in [6.45, 7) is 2.08. The van der Waals surface area contributed by atoms with Gasteiger partial charge in [0, 0.05) is 18.5 Å². The van der Waals surface area contributed by atoms with E-state index in [1.165, 1.54) is 4.88 Å². The van der Waals surface area contributed by atoms with Crippen molar-refractivity contribution in [1.29, 1.82) is 0 Å². The Morgan fingerprint density at radius 3 is 2.52 bits per heavy atom. The number of thiophene rings is 1. The monoisotopic (exact) mass is 474 g/mol. The summed E-state index contributed by atoms with van der Waals surface area (Å²) in [4.78, 5) is 7.82. The third-order valence-corrected chi connectivity index (χ3v) is 4.56. The van der Waals surface area contributed by atoms with Gasteiger partial charge in [-0.3, -0.25) is 4.99 Å².